The third kappa shape index (κ3) is 2.73. The van der Waals surface area contributed by atoms with E-state index in [1.54, 1.807) is 0 Å². The number of anilines is 1. The van der Waals surface area contributed by atoms with Gasteiger partial charge >= 0.3 is 0 Å². The second-order valence-corrected chi connectivity index (χ2v) is 6.64. The van der Waals surface area contributed by atoms with Crippen LogP contribution in [0.1, 0.15) is 47.9 Å². The predicted molar refractivity (Wildman–Crippen MR) is 94.0 cm³/mol. The van der Waals surface area contributed by atoms with Gasteiger partial charge in [0.05, 0.1) is 18.6 Å². The van der Waals surface area contributed by atoms with Crippen LogP contribution in [0.25, 0.3) is 0 Å². The Labute approximate surface area is 142 Å². The number of fused-ring (bicyclic) bond motifs is 2. The van der Waals surface area contributed by atoms with Crippen LogP contribution in [0.15, 0.2) is 42.5 Å². The highest BCUT2D eigenvalue weighted by molar-refractivity contribution is 5.85. The summed E-state index contributed by atoms with van der Waals surface area (Å²) in [7, 11) is 0. The first-order valence-corrected chi connectivity index (χ1v) is 8.63. The fourth-order valence-electron chi connectivity index (χ4n) is 3.87. The van der Waals surface area contributed by atoms with Crippen molar-refractivity contribution in [2.75, 3.05) is 12.3 Å². The number of ether oxygens (including phenoxy) is 1. The molecule has 0 radical (unpaired) electrons. The summed E-state index contributed by atoms with van der Waals surface area (Å²) in [6, 6.07) is 13.9. The minimum atomic E-state index is -0.130. The van der Waals surface area contributed by atoms with Crippen molar-refractivity contribution in [1.29, 1.82) is 0 Å². The van der Waals surface area contributed by atoms with Crippen LogP contribution in [-0.2, 0) is 11.2 Å². The van der Waals surface area contributed by atoms with Crippen molar-refractivity contribution in [3.8, 4) is 5.75 Å². The summed E-state index contributed by atoms with van der Waals surface area (Å²) in [5.41, 5.74) is 10.2. The van der Waals surface area contributed by atoms with Crippen molar-refractivity contribution in [3.63, 3.8) is 0 Å². The Morgan fingerprint density at radius 2 is 2.00 bits per heavy atom. The van der Waals surface area contributed by atoms with Gasteiger partial charge in [0.2, 0.25) is 5.91 Å². The van der Waals surface area contributed by atoms with Crippen LogP contribution in [0.4, 0.5) is 5.69 Å². The minimum absolute atomic E-state index is 0.0804. The summed E-state index contributed by atoms with van der Waals surface area (Å²) in [5, 5.41) is 3.27. The molecule has 2 aromatic rings. The summed E-state index contributed by atoms with van der Waals surface area (Å²) in [6.45, 7) is 0.590. The lowest BCUT2D eigenvalue weighted by Crippen LogP contribution is -2.36. The van der Waals surface area contributed by atoms with E-state index >= 15 is 0 Å². The number of aryl methyl sites for hydroxylation is 1. The molecule has 0 saturated heterocycles. The van der Waals surface area contributed by atoms with E-state index in [-0.39, 0.29) is 17.9 Å². The number of benzene rings is 2. The molecule has 1 aliphatic carbocycles. The lowest BCUT2D eigenvalue weighted by molar-refractivity contribution is -0.124. The number of hydrogen-bond acceptors (Lipinski definition) is 3. The molecule has 0 aromatic heterocycles. The van der Waals surface area contributed by atoms with E-state index in [2.05, 4.69) is 11.4 Å². The van der Waals surface area contributed by atoms with Crippen LogP contribution in [-0.4, -0.2) is 12.5 Å². The second-order valence-electron chi connectivity index (χ2n) is 6.64. The maximum Gasteiger partial charge on any atom is 0.228 e. The van der Waals surface area contributed by atoms with Gasteiger partial charge in [-0.2, -0.15) is 0 Å². The molecule has 2 atom stereocenters. The van der Waals surface area contributed by atoms with Crippen LogP contribution >= 0.6 is 0 Å². The first kappa shape index (κ1) is 15.1. The van der Waals surface area contributed by atoms with E-state index < -0.39 is 0 Å². The number of carbonyl (C=O) groups is 1. The molecule has 2 aromatic carbocycles. The second kappa shape index (κ2) is 6.19. The zero-order chi connectivity index (χ0) is 16.5. The molecule has 2 unspecified atom stereocenters. The van der Waals surface area contributed by atoms with Gasteiger partial charge in [-0.1, -0.05) is 24.3 Å². The fourth-order valence-corrected chi connectivity index (χ4v) is 3.87. The van der Waals surface area contributed by atoms with E-state index in [9.17, 15) is 4.79 Å². The van der Waals surface area contributed by atoms with E-state index in [0.717, 1.165) is 42.7 Å². The summed E-state index contributed by atoms with van der Waals surface area (Å²) in [4.78, 5) is 12.9. The maximum atomic E-state index is 12.9. The molecule has 4 heteroatoms. The fraction of sp³-hybridized carbons (Fsp3) is 0.350. The van der Waals surface area contributed by atoms with Crippen LogP contribution < -0.4 is 15.8 Å². The van der Waals surface area contributed by atoms with Crippen LogP contribution in [0.5, 0.6) is 5.75 Å². The molecule has 0 spiro atoms. The highest BCUT2D eigenvalue weighted by Gasteiger charge is 2.30. The van der Waals surface area contributed by atoms with E-state index in [4.69, 9.17) is 10.5 Å². The number of amides is 1. The third-order valence-corrected chi connectivity index (χ3v) is 5.07. The zero-order valence-corrected chi connectivity index (χ0v) is 13.6. The molecule has 0 fully saturated rings. The molecule has 4 nitrogen and oxygen atoms in total. The topological polar surface area (TPSA) is 64.3 Å². The molecule has 0 bridgehead atoms. The van der Waals surface area contributed by atoms with Gasteiger partial charge in [0.15, 0.2) is 0 Å². The van der Waals surface area contributed by atoms with Gasteiger partial charge in [-0.05, 0) is 55.0 Å². The summed E-state index contributed by atoms with van der Waals surface area (Å²) < 4.78 is 5.67. The number of rotatable bonds is 2. The highest BCUT2D eigenvalue weighted by Crippen LogP contribution is 2.35. The smallest absolute Gasteiger partial charge is 0.228 e. The van der Waals surface area contributed by atoms with Gasteiger partial charge in [-0.15, -0.1) is 0 Å². The Balaban J connectivity index is 1.56. The monoisotopic (exact) mass is 322 g/mol. The third-order valence-electron chi connectivity index (χ3n) is 5.07. The molecule has 2 aliphatic rings. The van der Waals surface area contributed by atoms with Crippen molar-refractivity contribution in [3.05, 3.63) is 59.2 Å². The van der Waals surface area contributed by atoms with E-state index in [0.29, 0.717) is 6.61 Å². The molecule has 4 rings (SSSR count). The van der Waals surface area contributed by atoms with Crippen LogP contribution in [0.3, 0.4) is 0 Å². The number of hydrogen-bond donors (Lipinski definition) is 2. The van der Waals surface area contributed by atoms with Gasteiger partial charge in [0.25, 0.3) is 0 Å². The number of nitrogen functional groups attached to an aromatic ring is 1. The maximum absolute atomic E-state index is 12.9. The number of nitrogens with two attached hydrogens (primary N) is 1. The minimum Gasteiger partial charge on any atom is -0.493 e. The van der Waals surface area contributed by atoms with E-state index in [1.165, 1.54) is 11.1 Å². The summed E-state index contributed by atoms with van der Waals surface area (Å²) in [6.07, 6.45) is 3.82. The average molecular weight is 322 g/mol. The van der Waals surface area contributed by atoms with E-state index in [1.807, 2.05) is 36.4 Å². The number of carbonyl (C=O) groups excluding carboxylic acids is 1. The molecule has 1 heterocycles. The van der Waals surface area contributed by atoms with Gasteiger partial charge in [-0.25, -0.2) is 0 Å². The Morgan fingerprint density at radius 1 is 1.12 bits per heavy atom. The first-order valence-electron chi connectivity index (χ1n) is 8.63. The molecule has 0 saturated carbocycles. The summed E-state index contributed by atoms with van der Waals surface area (Å²) >= 11 is 0. The summed E-state index contributed by atoms with van der Waals surface area (Å²) in [5.74, 6) is 0.801. The van der Waals surface area contributed by atoms with Crippen molar-refractivity contribution in [2.24, 2.45) is 0 Å². The molecule has 3 N–H and O–H groups in total. The van der Waals surface area contributed by atoms with Crippen LogP contribution in [0, 0.1) is 0 Å². The van der Waals surface area contributed by atoms with Crippen molar-refractivity contribution in [1.82, 2.24) is 5.32 Å². The first-order chi connectivity index (χ1) is 11.7. The van der Waals surface area contributed by atoms with Crippen molar-refractivity contribution < 1.29 is 9.53 Å². The van der Waals surface area contributed by atoms with Crippen molar-refractivity contribution in [2.45, 2.75) is 37.6 Å². The quantitative estimate of drug-likeness (QED) is 0.834. The van der Waals surface area contributed by atoms with Crippen LogP contribution in [0.2, 0.25) is 0 Å². The molecule has 1 aliphatic heterocycles. The SMILES string of the molecule is Nc1ccc2c(c1)CCCC2NC(=O)C1CCOc2ccccc21. The van der Waals surface area contributed by atoms with Gasteiger partial charge < -0.3 is 15.8 Å². The Morgan fingerprint density at radius 3 is 2.92 bits per heavy atom. The predicted octanol–water partition coefficient (Wildman–Crippen LogP) is 3.33. The standard InChI is InChI=1S/C20H22N2O2/c21-14-8-9-15-13(12-14)4-3-6-18(15)22-20(23)17-10-11-24-19-7-2-1-5-16(17)19/h1-2,5,7-9,12,17-18H,3-4,6,10-11,21H2,(H,22,23). The zero-order valence-electron chi connectivity index (χ0n) is 13.6. The Hall–Kier alpha value is -2.49. The molecule has 24 heavy (non-hydrogen) atoms. The lowest BCUT2D eigenvalue weighted by Gasteiger charge is -2.30. The number of nitrogens with one attached hydrogen (secondary N) is 1. The molecule has 124 valence electrons. The normalized spacial score (nSPS) is 22.0. The van der Waals surface area contributed by atoms with Gasteiger partial charge in [0.1, 0.15) is 5.75 Å². The molecular formula is C20H22N2O2. The number of para-hydroxylation sites is 1. The van der Waals surface area contributed by atoms with Gasteiger partial charge in [0, 0.05) is 11.3 Å². The molecule has 1 amide bonds. The lowest BCUT2D eigenvalue weighted by atomic mass is 9.86. The Kier molecular flexibility index (Phi) is 3.89. The van der Waals surface area contributed by atoms with Gasteiger partial charge in [-0.3, -0.25) is 4.79 Å². The molecular weight excluding hydrogens is 300 g/mol. The average Bonchev–Trinajstić information content (AvgIpc) is 2.61. The highest BCUT2D eigenvalue weighted by atomic mass is 16.5. The Bertz CT molecular complexity index is 772. The largest absolute Gasteiger partial charge is 0.493 e. The van der Waals surface area contributed by atoms with Crippen molar-refractivity contribution >= 4 is 11.6 Å².